The highest BCUT2D eigenvalue weighted by molar-refractivity contribution is 5.81. The average Bonchev–Trinajstić information content (AvgIpc) is 2.83. The molecule has 18 heavy (non-hydrogen) atoms. The van der Waals surface area contributed by atoms with Crippen molar-refractivity contribution >= 4 is 5.91 Å². The van der Waals surface area contributed by atoms with Crippen LogP contribution >= 0.6 is 0 Å². The van der Waals surface area contributed by atoms with Crippen molar-refractivity contribution in [2.24, 2.45) is 11.3 Å². The maximum Gasteiger partial charge on any atom is 0.250 e. The summed E-state index contributed by atoms with van der Waals surface area (Å²) >= 11 is 0. The lowest BCUT2D eigenvalue weighted by molar-refractivity contribution is -0.148. The summed E-state index contributed by atoms with van der Waals surface area (Å²) in [7, 11) is 0. The molecule has 5 heteroatoms. The van der Waals surface area contributed by atoms with Gasteiger partial charge in [0.2, 0.25) is 0 Å². The van der Waals surface area contributed by atoms with E-state index in [9.17, 15) is 4.79 Å². The van der Waals surface area contributed by atoms with Crippen LogP contribution in [-0.4, -0.2) is 50.5 Å². The number of amides is 1. The molecule has 0 radical (unpaired) electrons. The Kier molecular flexibility index (Phi) is 3.08. The van der Waals surface area contributed by atoms with Crippen molar-refractivity contribution in [1.82, 2.24) is 10.6 Å². The first kappa shape index (κ1) is 12.4. The number of nitrogens with one attached hydrogen (secondary N) is 2. The summed E-state index contributed by atoms with van der Waals surface area (Å²) in [4.78, 5) is 12.2. The molecule has 3 rings (SSSR count). The molecule has 0 aromatic carbocycles. The molecule has 1 saturated carbocycles. The molecule has 1 aliphatic carbocycles. The van der Waals surface area contributed by atoms with Crippen LogP contribution in [-0.2, 0) is 14.3 Å². The summed E-state index contributed by atoms with van der Waals surface area (Å²) in [5.74, 6) is 0.506. The third kappa shape index (κ3) is 1.85. The zero-order chi connectivity index (χ0) is 12.8. The second-order valence-corrected chi connectivity index (χ2v) is 6.12. The quantitative estimate of drug-likeness (QED) is 0.723. The van der Waals surface area contributed by atoms with E-state index < -0.39 is 0 Å². The van der Waals surface area contributed by atoms with Crippen LogP contribution in [0.5, 0.6) is 0 Å². The minimum Gasteiger partial charge on any atom is -0.377 e. The van der Waals surface area contributed by atoms with E-state index in [4.69, 9.17) is 9.47 Å². The molecule has 5 nitrogen and oxygen atoms in total. The van der Waals surface area contributed by atoms with Gasteiger partial charge >= 0.3 is 0 Å². The summed E-state index contributed by atoms with van der Waals surface area (Å²) in [6, 6.07) is 0.225. The van der Waals surface area contributed by atoms with Crippen LogP contribution in [0.25, 0.3) is 0 Å². The van der Waals surface area contributed by atoms with Crippen molar-refractivity contribution in [2.45, 2.75) is 38.5 Å². The Bertz CT molecular complexity index is 339. The molecular weight excluding hydrogens is 232 g/mol. The highest BCUT2D eigenvalue weighted by atomic mass is 16.5. The normalized spacial score (nSPS) is 41.9. The van der Waals surface area contributed by atoms with Gasteiger partial charge < -0.3 is 20.1 Å². The number of carbonyl (C=O) groups excluding carboxylic acids is 1. The third-order valence-corrected chi connectivity index (χ3v) is 4.62. The van der Waals surface area contributed by atoms with Crippen molar-refractivity contribution in [3.05, 3.63) is 0 Å². The molecule has 0 bridgehead atoms. The van der Waals surface area contributed by atoms with E-state index in [-0.39, 0.29) is 23.5 Å². The second kappa shape index (κ2) is 4.47. The third-order valence-electron chi connectivity index (χ3n) is 4.62. The summed E-state index contributed by atoms with van der Waals surface area (Å²) in [5.41, 5.74) is 0.0406. The number of fused-ring (bicyclic) bond motifs is 1. The van der Waals surface area contributed by atoms with Gasteiger partial charge in [-0.2, -0.15) is 0 Å². The maximum atomic E-state index is 12.2. The number of ether oxygens (including phenoxy) is 2. The molecule has 2 N–H and O–H groups in total. The first-order valence-corrected chi connectivity index (χ1v) is 6.85. The van der Waals surface area contributed by atoms with Gasteiger partial charge in [-0.05, 0) is 6.42 Å². The number of rotatable bonds is 2. The Labute approximate surface area is 108 Å². The van der Waals surface area contributed by atoms with Gasteiger partial charge in [-0.3, -0.25) is 4.79 Å². The summed E-state index contributed by atoms with van der Waals surface area (Å²) in [5, 5.41) is 6.35. The van der Waals surface area contributed by atoms with E-state index in [2.05, 4.69) is 24.5 Å². The van der Waals surface area contributed by atoms with Crippen LogP contribution in [0.2, 0.25) is 0 Å². The maximum absolute atomic E-state index is 12.2. The summed E-state index contributed by atoms with van der Waals surface area (Å²) < 4.78 is 11.2. The van der Waals surface area contributed by atoms with E-state index in [1.54, 1.807) is 0 Å². The molecule has 3 fully saturated rings. The van der Waals surface area contributed by atoms with Gasteiger partial charge in [0.1, 0.15) is 6.10 Å². The van der Waals surface area contributed by atoms with E-state index in [0.717, 1.165) is 19.6 Å². The molecule has 2 saturated heterocycles. The molecule has 4 atom stereocenters. The lowest BCUT2D eigenvalue weighted by Gasteiger charge is -2.54. The van der Waals surface area contributed by atoms with Gasteiger partial charge in [-0.1, -0.05) is 13.8 Å². The number of hydrogen-bond donors (Lipinski definition) is 2. The Hall–Kier alpha value is -0.650. The number of carbonyl (C=O) groups is 1. The van der Waals surface area contributed by atoms with Crippen LogP contribution in [0.15, 0.2) is 0 Å². The molecule has 0 aromatic rings. The van der Waals surface area contributed by atoms with Gasteiger partial charge in [-0.15, -0.1) is 0 Å². The monoisotopic (exact) mass is 254 g/mol. The average molecular weight is 254 g/mol. The van der Waals surface area contributed by atoms with Crippen LogP contribution in [0, 0.1) is 11.3 Å². The van der Waals surface area contributed by atoms with E-state index >= 15 is 0 Å². The minimum absolute atomic E-state index is 0.0191. The number of morpholine rings is 1. The van der Waals surface area contributed by atoms with Crippen molar-refractivity contribution < 1.29 is 14.3 Å². The molecule has 2 heterocycles. The molecule has 1 amide bonds. The lowest BCUT2D eigenvalue weighted by Crippen LogP contribution is -2.68. The Balaban J connectivity index is 1.60. The molecule has 2 aliphatic heterocycles. The predicted octanol–water partition coefficient (Wildman–Crippen LogP) is -0.0955. The van der Waals surface area contributed by atoms with Gasteiger partial charge in [0, 0.05) is 37.1 Å². The Morgan fingerprint density at radius 3 is 2.89 bits per heavy atom. The highest BCUT2D eigenvalue weighted by Gasteiger charge is 2.60. The number of hydrogen-bond acceptors (Lipinski definition) is 4. The first-order chi connectivity index (χ1) is 8.60. The summed E-state index contributed by atoms with van der Waals surface area (Å²) in [6.45, 7) is 7.23. The Morgan fingerprint density at radius 2 is 2.17 bits per heavy atom. The molecule has 3 aliphatic rings. The minimum atomic E-state index is -0.337. The second-order valence-electron chi connectivity index (χ2n) is 6.12. The molecular formula is C13H22N2O3. The fourth-order valence-electron chi connectivity index (χ4n) is 3.60. The lowest BCUT2D eigenvalue weighted by atomic mass is 9.57. The SMILES string of the molecule is CC1(C)C(NC(=O)C2CNCCO2)C2CCOC21. The van der Waals surface area contributed by atoms with Crippen LogP contribution < -0.4 is 10.6 Å². The zero-order valence-corrected chi connectivity index (χ0v) is 11.1. The molecule has 102 valence electrons. The van der Waals surface area contributed by atoms with Gasteiger partial charge in [0.15, 0.2) is 0 Å². The first-order valence-electron chi connectivity index (χ1n) is 6.85. The van der Waals surface area contributed by atoms with E-state index in [0.29, 0.717) is 25.2 Å². The van der Waals surface area contributed by atoms with Crippen molar-refractivity contribution in [3.8, 4) is 0 Å². The highest BCUT2D eigenvalue weighted by Crippen LogP contribution is 2.52. The van der Waals surface area contributed by atoms with Crippen molar-refractivity contribution in [1.29, 1.82) is 0 Å². The van der Waals surface area contributed by atoms with E-state index in [1.807, 2.05) is 0 Å². The van der Waals surface area contributed by atoms with Gasteiger partial charge in [-0.25, -0.2) is 0 Å². The zero-order valence-electron chi connectivity index (χ0n) is 11.1. The largest absolute Gasteiger partial charge is 0.377 e. The molecule has 0 aromatic heterocycles. The topological polar surface area (TPSA) is 59.6 Å². The van der Waals surface area contributed by atoms with Crippen molar-refractivity contribution in [3.63, 3.8) is 0 Å². The van der Waals surface area contributed by atoms with Crippen LogP contribution in [0.1, 0.15) is 20.3 Å². The molecule has 0 spiro atoms. The van der Waals surface area contributed by atoms with E-state index in [1.165, 1.54) is 0 Å². The van der Waals surface area contributed by atoms with Crippen LogP contribution in [0.3, 0.4) is 0 Å². The van der Waals surface area contributed by atoms with Gasteiger partial charge in [0.25, 0.3) is 5.91 Å². The van der Waals surface area contributed by atoms with Gasteiger partial charge in [0.05, 0.1) is 12.7 Å². The standard InChI is InChI=1S/C13H22N2O3/c1-13(2)10(8-3-5-18-11(8)13)15-12(16)9-7-14-4-6-17-9/h8-11,14H,3-7H2,1-2H3,(H,15,16). The predicted molar refractivity (Wildman–Crippen MR) is 66.2 cm³/mol. The Morgan fingerprint density at radius 1 is 1.33 bits per heavy atom. The molecule has 4 unspecified atom stereocenters. The fourth-order valence-corrected chi connectivity index (χ4v) is 3.60. The fraction of sp³-hybridized carbons (Fsp3) is 0.923. The van der Waals surface area contributed by atoms with Crippen LogP contribution in [0.4, 0.5) is 0 Å². The van der Waals surface area contributed by atoms with Crippen molar-refractivity contribution in [2.75, 3.05) is 26.3 Å². The summed E-state index contributed by atoms with van der Waals surface area (Å²) in [6.07, 6.45) is 1.03. The smallest absolute Gasteiger partial charge is 0.250 e.